The number of nitriles is 1. The van der Waals surface area contributed by atoms with Gasteiger partial charge in [0, 0.05) is 38.5 Å². The Morgan fingerprint density at radius 1 is 0.512 bits per heavy atom. The van der Waals surface area contributed by atoms with E-state index in [1.165, 1.54) is 0 Å². The molecule has 14 aromatic rings. The van der Waals surface area contributed by atoms with Gasteiger partial charge in [-0.15, -0.1) is 29.7 Å². The third-order valence-corrected chi connectivity index (χ3v) is 15.8. The van der Waals surface area contributed by atoms with E-state index in [0.717, 1.165) is 117 Å². The molecule has 0 bridgehead atoms. The normalized spacial score (nSPS) is 11.3. The van der Waals surface area contributed by atoms with E-state index in [0.29, 0.717) is 28.4 Å². The van der Waals surface area contributed by atoms with Crippen LogP contribution in [0.25, 0.3) is 122 Å². The second-order valence-electron chi connectivity index (χ2n) is 22.2. The molecule has 0 amide bonds. The molecule has 86 heavy (non-hydrogen) atoms. The van der Waals surface area contributed by atoms with Crippen LogP contribution in [0.1, 0.15) is 31.9 Å². The first-order valence-electron chi connectivity index (χ1n) is 28.3. The van der Waals surface area contributed by atoms with E-state index in [9.17, 15) is 5.26 Å². The number of ether oxygens (including phenoxy) is 1. The molecule has 0 spiro atoms. The van der Waals surface area contributed by atoms with Gasteiger partial charge in [0.25, 0.3) is 6.33 Å². The van der Waals surface area contributed by atoms with Crippen LogP contribution in [-0.2, 0) is 26.5 Å². The predicted octanol–water partition coefficient (Wildman–Crippen LogP) is 19.3. The Bertz CT molecular complexity index is 4710. The van der Waals surface area contributed by atoms with Gasteiger partial charge in [0.05, 0.1) is 40.6 Å². The Kier molecular flexibility index (Phi) is 14.5. The number of imidazole rings is 1. The number of pyridine rings is 1. The second-order valence-corrected chi connectivity index (χ2v) is 22.2. The molecule has 412 valence electrons. The summed E-state index contributed by atoms with van der Waals surface area (Å²) >= 11 is 0. The maximum absolute atomic E-state index is 9.97. The summed E-state index contributed by atoms with van der Waals surface area (Å²) in [6.07, 6.45) is 5.70. The number of nitrogens with zero attached hydrogens (tertiary/aromatic N) is 6. The van der Waals surface area contributed by atoms with E-state index in [-0.39, 0.29) is 26.5 Å². The third kappa shape index (κ3) is 10.4. The van der Waals surface area contributed by atoms with Crippen molar-refractivity contribution in [2.45, 2.75) is 26.2 Å². The maximum atomic E-state index is 9.97. The maximum Gasteiger partial charge on any atom is 0.268 e. The van der Waals surface area contributed by atoms with Gasteiger partial charge in [0.2, 0.25) is 0 Å². The van der Waals surface area contributed by atoms with Gasteiger partial charge in [-0.1, -0.05) is 196 Å². The fourth-order valence-corrected chi connectivity index (χ4v) is 11.6. The fraction of sp³-hybridized carbons (Fsp3) is 0.0513. The summed E-state index contributed by atoms with van der Waals surface area (Å²) in [5, 5.41) is 11.8. The van der Waals surface area contributed by atoms with Gasteiger partial charge in [0.15, 0.2) is 0 Å². The second kappa shape index (κ2) is 22.8. The van der Waals surface area contributed by atoms with Crippen LogP contribution in [0.3, 0.4) is 0 Å². The van der Waals surface area contributed by atoms with Gasteiger partial charge in [-0.25, -0.2) is 4.98 Å². The molecular weight excluding hydrogens is 1230 g/mol. The van der Waals surface area contributed by atoms with Crippen LogP contribution < -0.4 is 9.30 Å². The first kappa shape index (κ1) is 54.6. The Hall–Kier alpha value is -10.7. The minimum Gasteiger partial charge on any atom is -0.511 e. The molecule has 8 heteroatoms. The molecule has 0 aliphatic rings. The van der Waals surface area contributed by atoms with Crippen molar-refractivity contribution in [1.29, 1.82) is 5.26 Å². The summed E-state index contributed by atoms with van der Waals surface area (Å²) in [6, 6.07) is 97.6. The fourth-order valence-electron chi connectivity index (χ4n) is 11.6. The molecule has 0 N–H and O–H groups in total. The van der Waals surface area contributed by atoms with Gasteiger partial charge < -0.3 is 13.9 Å². The smallest absolute Gasteiger partial charge is 0.268 e. The van der Waals surface area contributed by atoms with Gasteiger partial charge in [-0.2, -0.15) is 17.4 Å². The monoisotopic (exact) mass is 1280 g/mol. The minimum absolute atomic E-state index is 0. The van der Waals surface area contributed by atoms with Crippen LogP contribution in [0.4, 0.5) is 5.69 Å². The summed E-state index contributed by atoms with van der Waals surface area (Å²) < 4.78 is 13.0. The van der Waals surface area contributed by atoms with Crippen LogP contribution in [0.5, 0.6) is 11.5 Å². The Labute approximate surface area is 514 Å². The van der Waals surface area contributed by atoms with Crippen molar-refractivity contribution in [1.82, 2.24) is 14.1 Å². The molecule has 0 aliphatic carbocycles. The van der Waals surface area contributed by atoms with E-state index >= 15 is 0 Å². The zero-order valence-corrected chi connectivity index (χ0v) is 49.5. The molecule has 0 unspecified atom stereocenters. The topological polar surface area (TPSA) is 64.0 Å². The van der Waals surface area contributed by atoms with Crippen LogP contribution >= 0.6 is 0 Å². The van der Waals surface area contributed by atoms with Gasteiger partial charge in [0.1, 0.15) is 5.82 Å². The zero-order chi connectivity index (χ0) is 57.6. The molecule has 0 atom stereocenters. The van der Waals surface area contributed by atoms with Crippen LogP contribution in [-0.4, -0.2) is 14.1 Å². The molecule has 0 radical (unpaired) electrons. The number of benzene rings is 11. The molecule has 0 aliphatic heterocycles. The first-order valence-corrected chi connectivity index (χ1v) is 28.3. The molecule has 0 saturated heterocycles. The van der Waals surface area contributed by atoms with Crippen LogP contribution in [0.15, 0.2) is 261 Å². The molecule has 14 rings (SSSR count). The van der Waals surface area contributed by atoms with E-state index in [4.69, 9.17) is 16.3 Å². The van der Waals surface area contributed by atoms with E-state index < -0.39 is 0 Å². The molecular formula is C78H52N6OPt-2. The molecule has 0 fully saturated rings. The molecule has 7 nitrogen and oxygen atoms in total. The zero-order valence-electron chi connectivity index (χ0n) is 47.2. The summed E-state index contributed by atoms with van der Waals surface area (Å²) in [4.78, 5) is 8.86. The van der Waals surface area contributed by atoms with Crippen molar-refractivity contribution in [2.75, 3.05) is 0 Å². The van der Waals surface area contributed by atoms with Crippen molar-refractivity contribution in [3.63, 3.8) is 0 Å². The van der Waals surface area contributed by atoms with Gasteiger partial charge in [-0.05, 0) is 156 Å². The SMILES string of the molecule is [C-]#[N+]c1cc(Oc2[c-]c3c(cc2)c2cc(C#N)ccc2n3-c2cc(C(C)(C)C)ccn2)[c-]c(-n2[c-][n+](-c3c(-c4cc(-c5ccccc5)cc(-c5ccccc5)c4)cccc3-c3cc(-c4ccccc4)cc(-c4ccccc4)c3)c3ccccc32)c1.[Pt]. The molecule has 3 heterocycles. The number of hydrogen-bond acceptors (Lipinski definition) is 3. The predicted molar refractivity (Wildman–Crippen MR) is 342 cm³/mol. The van der Waals surface area contributed by atoms with Gasteiger partial charge >= 0.3 is 0 Å². The van der Waals surface area contributed by atoms with Crippen LogP contribution in [0, 0.1) is 36.4 Å². The van der Waals surface area contributed by atoms with Crippen molar-refractivity contribution < 1.29 is 30.4 Å². The van der Waals surface area contributed by atoms with Crippen molar-refractivity contribution in [2.24, 2.45) is 0 Å². The van der Waals surface area contributed by atoms with E-state index in [2.05, 4.69) is 259 Å². The van der Waals surface area contributed by atoms with E-state index in [1.807, 2.05) is 59.3 Å². The molecule has 11 aromatic carbocycles. The molecule has 0 saturated carbocycles. The van der Waals surface area contributed by atoms with Crippen LogP contribution in [0.2, 0.25) is 0 Å². The average Bonchev–Trinajstić information content (AvgIpc) is 1.70. The number of para-hydroxylation sites is 3. The van der Waals surface area contributed by atoms with E-state index in [1.54, 1.807) is 6.07 Å². The average molecular weight is 1280 g/mol. The van der Waals surface area contributed by atoms with Crippen molar-refractivity contribution in [3.05, 3.63) is 302 Å². The Balaban J connectivity index is 0.00000686. The Morgan fingerprint density at radius 2 is 1.06 bits per heavy atom. The number of rotatable bonds is 11. The van der Waals surface area contributed by atoms with Crippen molar-refractivity contribution in [3.8, 4) is 102 Å². The summed E-state index contributed by atoms with van der Waals surface area (Å²) in [7, 11) is 0. The number of hydrogen-bond donors (Lipinski definition) is 0. The third-order valence-electron chi connectivity index (χ3n) is 15.8. The number of fused-ring (bicyclic) bond motifs is 4. The van der Waals surface area contributed by atoms with Crippen molar-refractivity contribution >= 4 is 38.5 Å². The summed E-state index contributed by atoms with van der Waals surface area (Å²) in [5.41, 5.74) is 19.7. The Morgan fingerprint density at radius 3 is 1.60 bits per heavy atom. The first-order chi connectivity index (χ1) is 41.6. The quantitative estimate of drug-likeness (QED) is 0.0957. The largest absolute Gasteiger partial charge is 0.511 e. The number of aromatic nitrogens is 4. The van der Waals surface area contributed by atoms with Gasteiger partial charge in [-0.3, -0.25) is 9.41 Å². The summed E-state index contributed by atoms with van der Waals surface area (Å²) in [5.74, 6) is 1.48. The minimum atomic E-state index is -0.126. The molecule has 3 aromatic heterocycles. The standard InChI is InChI=1S/C78H52N6O.Pt/c1-78(2,3)63-36-37-81-76(45-63)84-72-35-32-52(50-79)38-71(72)70-34-33-66(49-75(70)84)85-67-47-64(80-4)46-65(48-67)82-51-83(74-31-18-17-30-73(74)82)77-68(61-41-57(53-20-9-5-10-21-53)39-58(42-61)54-22-11-6-12-23-54)28-19-29-69(77)62-43-59(55-24-13-7-14-25-55)40-60(44-62)56-26-15-8-16-27-56;/h5-47H,1-3H3;/q-2;. The summed E-state index contributed by atoms with van der Waals surface area (Å²) in [6.45, 7) is 15.0.